The number of phenolic OH excluding ortho intramolecular Hbond substituents is 3. The highest BCUT2D eigenvalue weighted by Gasteiger charge is 2.33. The maximum atomic E-state index is 13.6. The van der Waals surface area contributed by atoms with Crippen molar-refractivity contribution < 1.29 is 36.9 Å². The lowest BCUT2D eigenvalue weighted by Gasteiger charge is -2.30. The van der Waals surface area contributed by atoms with E-state index in [1.165, 1.54) is 24.1 Å². The number of phenols is 3. The first-order chi connectivity index (χ1) is 21.9. The summed E-state index contributed by atoms with van der Waals surface area (Å²) in [6.45, 7) is 0.408. The first-order valence-electron chi connectivity index (χ1n) is 14.6. The average molecular weight is 666 g/mol. The highest BCUT2D eigenvalue weighted by atomic mass is 32.2. The van der Waals surface area contributed by atoms with Crippen molar-refractivity contribution in [3.63, 3.8) is 0 Å². The molecule has 1 amide bonds. The number of sulfonamides is 2. The molecule has 0 radical (unpaired) electrons. The van der Waals surface area contributed by atoms with Gasteiger partial charge in [0.2, 0.25) is 25.8 Å². The molecule has 0 aromatic heterocycles. The summed E-state index contributed by atoms with van der Waals surface area (Å²) in [5.41, 5.74) is 2.78. The van der Waals surface area contributed by atoms with Gasteiger partial charge in [-0.1, -0.05) is 66.7 Å². The Morgan fingerprint density at radius 2 is 1.43 bits per heavy atom. The van der Waals surface area contributed by atoms with Crippen LogP contribution in [0.5, 0.6) is 17.2 Å². The van der Waals surface area contributed by atoms with Crippen LogP contribution in [-0.2, 0) is 45.9 Å². The summed E-state index contributed by atoms with van der Waals surface area (Å²) in [6, 6.07) is 24.2. The summed E-state index contributed by atoms with van der Waals surface area (Å²) in [5.74, 6) is -3.96. The molecule has 0 atom stereocenters. The van der Waals surface area contributed by atoms with E-state index in [-0.39, 0.29) is 31.1 Å². The number of carbonyl (C=O) groups is 1. The third-order valence-corrected chi connectivity index (χ3v) is 11.4. The van der Waals surface area contributed by atoms with Gasteiger partial charge in [0.25, 0.3) is 5.91 Å². The lowest BCUT2D eigenvalue weighted by atomic mass is 9.99. The average Bonchev–Trinajstić information content (AvgIpc) is 3.06. The lowest BCUT2D eigenvalue weighted by molar-refractivity contribution is 0.0730. The van der Waals surface area contributed by atoms with Crippen LogP contribution < -0.4 is 4.72 Å². The van der Waals surface area contributed by atoms with Crippen molar-refractivity contribution in [3.05, 3.63) is 113 Å². The molecule has 0 bridgehead atoms. The van der Waals surface area contributed by atoms with Crippen LogP contribution in [0.1, 0.15) is 32.6 Å². The third-order valence-electron chi connectivity index (χ3n) is 8.03. The van der Waals surface area contributed by atoms with Gasteiger partial charge in [-0.05, 0) is 59.7 Å². The molecule has 0 saturated heterocycles. The molecule has 4 aromatic rings. The zero-order chi connectivity index (χ0) is 33.1. The van der Waals surface area contributed by atoms with E-state index >= 15 is 0 Å². The first-order valence-corrected chi connectivity index (χ1v) is 17.5. The number of benzene rings is 4. The molecular formula is C33H35N3O8S2. The monoisotopic (exact) mass is 665 g/mol. The molecular weight excluding hydrogens is 631 g/mol. The number of hydrogen-bond donors (Lipinski definition) is 4. The van der Waals surface area contributed by atoms with Gasteiger partial charge in [0.05, 0.1) is 10.5 Å². The van der Waals surface area contributed by atoms with Crippen molar-refractivity contribution in [1.82, 2.24) is 13.9 Å². The van der Waals surface area contributed by atoms with E-state index in [1.54, 1.807) is 6.07 Å². The fourth-order valence-corrected chi connectivity index (χ4v) is 7.66. The van der Waals surface area contributed by atoms with E-state index in [0.717, 1.165) is 27.1 Å². The number of fused-ring (bicyclic) bond motifs is 1. The maximum Gasteiger partial charge on any atom is 0.258 e. The predicted octanol–water partition coefficient (Wildman–Crippen LogP) is 3.39. The van der Waals surface area contributed by atoms with Crippen LogP contribution in [0.2, 0.25) is 0 Å². The standard InChI is InChI=1S/C33H35N3O8S2/c1-35(18-15-24-10-6-3-7-11-24)46(43,44)29-21-28(30(37)32(39)31(29)38)33(40)36-19-16-25-12-13-27(20-26(25)22-36)45(41,42)34-17-14-23-8-4-2-5-9-23/h2-13,20-21,34,37-39H,14-19,22H2,1H3. The summed E-state index contributed by atoms with van der Waals surface area (Å²) < 4.78 is 56.5. The summed E-state index contributed by atoms with van der Waals surface area (Å²) in [6.07, 6.45) is 1.26. The van der Waals surface area contributed by atoms with Crippen LogP contribution in [-0.4, -0.2) is 73.9 Å². The normalized spacial score (nSPS) is 13.5. The second kappa shape index (κ2) is 13.5. The molecule has 0 unspecified atom stereocenters. The van der Waals surface area contributed by atoms with Crippen LogP contribution in [0.4, 0.5) is 0 Å². The number of nitrogens with zero attached hydrogens (tertiary/aromatic N) is 2. The second-order valence-electron chi connectivity index (χ2n) is 11.1. The van der Waals surface area contributed by atoms with E-state index < -0.39 is 53.7 Å². The predicted molar refractivity (Wildman–Crippen MR) is 172 cm³/mol. The van der Waals surface area contributed by atoms with E-state index in [4.69, 9.17) is 0 Å². The largest absolute Gasteiger partial charge is 0.504 e. The van der Waals surface area contributed by atoms with Crippen molar-refractivity contribution in [3.8, 4) is 17.2 Å². The van der Waals surface area contributed by atoms with Crippen LogP contribution in [0, 0.1) is 0 Å². The lowest BCUT2D eigenvalue weighted by Crippen LogP contribution is -2.36. The zero-order valence-corrected chi connectivity index (χ0v) is 26.8. The Morgan fingerprint density at radius 1 is 0.804 bits per heavy atom. The van der Waals surface area contributed by atoms with Gasteiger partial charge in [0.1, 0.15) is 4.90 Å². The van der Waals surface area contributed by atoms with Gasteiger partial charge in [-0.15, -0.1) is 0 Å². The Balaban J connectivity index is 1.34. The molecule has 5 rings (SSSR count). The highest BCUT2D eigenvalue weighted by molar-refractivity contribution is 7.89. The van der Waals surface area contributed by atoms with Gasteiger partial charge in [-0.25, -0.2) is 25.9 Å². The molecule has 0 spiro atoms. The number of likely N-dealkylation sites (N-methyl/N-ethyl adjacent to an activating group) is 1. The van der Waals surface area contributed by atoms with Gasteiger partial charge >= 0.3 is 0 Å². The van der Waals surface area contributed by atoms with E-state index in [9.17, 15) is 36.9 Å². The number of hydrogen-bond acceptors (Lipinski definition) is 8. The third kappa shape index (κ3) is 7.02. The quantitative estimate of drug-likeness (QED) is 0.177. The molecule has 13 heteroatoms. The van der Waals surface area contributed by atoms with Gasteiger partial charge in [0.15, 0.2) is 11.5 Å². The Bertz CT molecular complexity index is 1950. The first kappa shape index (κ1) is 32.9. The number of amides is 1. The Hall–Kier alpha value is -4.43. The molecule has 242 valence electrons. The number of aromatic hydroxyl groups is 3. The van der Waals surface area contributed by atoms with Crippen LogP contribution in [0.25, 0.3) is 0 Å². The summed E-state index contributed by atoms with van der Waals surface area (Å²) in [7, 11) is -6.93. The molecule has 46 heavy (non-hydrogen) atoms. The smallest absolute Gasteiger partial charge is 0.258 e. The number of rotatable bonds is 11. The molecule has 1 aliphatic rings. The Labute approximate surface area is 268 Å². The molecule has 11 nitrogen and oxygen atoms in total. The Kier molecular flexibility index (Phi) is 9.68. The highest BCUT2D eigenvalue weighted by Crippen LogP contribution is 2.43. The minimum atomic E-state index is -4.39. The van der Waals surface area contributed by atoms with Crippen LogP contribution in [0.3, 0.4) is 0 Å². The van der Waals surface area contributed by atoms with Gasteiger partial charge in [0, 0.05) is 33.2 Å². The minimum absolute atomic E-state index is 0.0261. The van der Waals surface area contributed by atoms with Crippen molar-refractivity contribution in [2.45, 2.75) is 35.6 Å². The minimum Gasteiger partial charge on any atom is -0.504 e. The van der Waals surface area contributed by atoms with Crippen molar-refractivity contribution >= 4 is 26.0 Å². The number of carbonyl (C=O) groups excluding carboxylic acids is 1. The SMILES string of the molecule is CN(CCc1ccccc1)S(=O)(=O)c1cc(C(=O)N2CCc3ccc(S(=O)(=O)NCCc4ccccc4)cc3C2)c(O)c(O)c1O. The maximum absolute atomic E-state index is 13.6. The summed E-state index contributed by atoms with van der Waals surface area (Å²) >= 11 is 0. The van der Waals surface area contributed by atoms with Crippen LogP contribution >= 0.6 is 0 Å². The van der Waals surface area contributed by atoms with Gasteiger partial charge < -0.3 is 20.2 Å². The molecule has 0 saturated carbocycles. The Morgan fingerprint density at radius 3 is 2.09 bits per heavy atom. The molecule has 0 fully saturated rings. The van der Waals surface area contributed by atoms with Crippen LogP contribution in [0.15, 0.2) is 94.7 Å². The van der Waals surface area contributed by atoms with Crippen molar-refractivity contribution in [2.24, 2.45) is 0 Å². The number of nitrogens with one attached hydrogen (secondary N) is 1. The van der Waals surface area contributed by atoms with E-state index in [2.05, 4.69) is 4.72 Å². The molecule has 1 heterocycles. The van der Waals surface area contributed by atoms with Gasteiger partial charge in [-0.2, -0.15) is 0 Å². The van der Waals surface area contributed by atoms with Crippen molar-refractivity contribution in [1.29, 1.82) is 0 Å². The summed E-state index contributed by atoms with van der Waals surface area (Å²) in [5, 5.41) is 31.6. The fraction of sp³-hybridized carbons (Fsp3) is 0.242. The van der Waals surface area contributed by atoms with E-state index in [1.807, 2.05) is 60.7 Å². The van der Waals surface area contributed by atoms with E-state index in [0.29, 0.717) is 24.8 Å². The molecule has 4 aromatic carbocycles. The fourth-order valence-electron chi connectivity index (χ4n) is 5.31. The molecule has 1 aliphatic heterocycles. The van der Waals surface area contributed by atoms with Crippen molar-refractivity contribution in [2.75, 3.05) is 26.7 Å². The summed E-state index contributed by atoms with van der Waals surface area (Å²) in [4.78, 5) is 14.3. The second-order valence-corrected chi connectivity index (χ2v) is 14.9. The molecule has 4 N–H and O–H groups in total. The van der Waals surface area contributed by atoms with Gasteiger partial charge in [-0.3, -0.25) is 4.79 Å². The topological polar surface area (TPSA) is 165 Å². The molecule has 0 aliphatic carbocycles. The zero-order valence-electron chi connectivity index (χ0n) is 25.1.